The number of hydrogen-bond donors (Lipinski definition) is 1. The normalized spacial score (nSPS) is 14.3. The third-order valence-electron chi connectivity index (χ3n) is 4.24. The minimum atomic E-state index is -0.986. The number of amides is 2. The van der Waals surface area contributed by atoms with Gasteiger partial charge in [0.1, 0.15) is 5.75 Å². The van der Waals surface area contributed by atoms with Gasteiger partial charge in [0.05, 0.1) is 12.3 Å². The number of nitrogens with one attached hydrogen (secondary N) is 1. The van der Waals surface area contributed by atoms with Crippen molar-refractivity contribution in [3.8, 4) is 5.75 Å². The number of urea groups is 1. The van der Waals surface area contributed by atoms with Crippen LogP contribution in [0.2, 0.25) is 0 Å². The summed E-state index contributed by atoms with van der Waals surface area (Å²) in [7, 11) is 0. The molecule has 2 aromatic carbocycles. The molecular weight excluding hydrogens is 340 g/mol. The van der Waals surface area contributed by atoms with Gasteiger partial charge in [0.25, 0.3) is 0 Å². The lowest BCUT2D eigenvalue weighted by Gasteiger charge is -2.36. The van der Waals surface area contributed by atoms with Crippen LogP contribution in [0.3, 0.4) is 0 Å². The summed E-state index contributed by atoms with van der Waals surface area (Å²) >= 11 is 0. The zero-order valence-electron chi connectivity index (χ0n) is 14.5. The monoisotopic (exact) mass is 361 g/mol. The van der Waals surface area contributed by atoms with E-state index in [0.717, 1.165) is 23.6 Å². The topological polar surface area (TPSA) is 44.8 Å². The highest BCUT2D eigenvalue weighted by atomic mass is 19.2. The molecule has 0 bridgehead atoms. The van der Waals surface area contributed by atoms with Gasteiger partial charge in [-0.15, -0.1) is 0 Å². The number of carbonyl (C=O) groups excluding carboxylic acids is 1. The third kappa shape index (κ3) is 4.04. The summed E-state index contributed by atoms with van der Waals surface area (Å²) in [5.74, 6) is -1.10. The van der Waals surface area contributed by atoms with Gasteiger partial charge in [0.2, 0.25) is 0 Å². The molecule has 5 nitrogen and oxygen atoms in total. The van der Waals surface area contributed by atoms with Gasteiger partial charge in [0, 0.05) is 37.9 Å². The molecule has 1 fully saturated rings. The van der Waals surface area contributed by atoms with Crippen LogP contribution < -0.4 is 15.0 Å². The summed E-state index contributed by atoms with van der Waals surface area (Å²) in [6, 6.07) is 10.8. The number of anilines is 2. The summed E-state index contributed by atoms with van der Waals surface area (Å²) in [5, 5.41) is 2.60. The van der Waals surface area contributed by atoms with E-state index in [1.54, 1.807) is 4.90 Å². The largest absolute Gasteiger partial charge is 0.492 e. The molecule has 0 atom stereocenters. The van der Waals surface area contributed by atoms with E-state index in [1.807, 2.05) is 31.2 Å². The summed E-state index contributed by atoms with van der Waals surface area (Å²) in [6.07, 6.45) is 0. The summed E-state index contributed by atoms with van der Waals surface area (Å²) in [6.45, 7) is 4.90. The van der Waals surface area contributed by atoms with Gasteiger partial charge in [-0.25, -0.2) is 13.6 Å². The van der Waals surface area contributed by atoms with Crippen molar-refractivity contribution in [1.29, 1.82) is 0 Å². The SMILES string of the molecule is CCOc1ccccc1N1CCN(C(=O)Nc2ccc(F)c(F)c2)CC1. The molecule has 0 saturated carbocycles. The van der Waals surface area contributed by atoms with Gasteiger partial charge in [-0.05, 0) is 31.2 Å². The van der Waals surface area contributed by atoms with Crippen LogP contribution in [0, 0.1) is 11.6 Å². The lowest BCUT2D eigenvalue weighted by molar-refractivity contribution is 0.208. The summed E-state index contributed by atoms with van der Waals surface area (Å²) < 4.78 is 31.9. The Kier molecular flexibility index (Phi) is 5.55. The maximum absolute atomic E-state index is 13.3. The van der Waals surface area contributed by atoms with Gasteiger partial charge in [-0.3, -0.25) is 0 Å². The number of carbonyl (C=O) groups is 1. The molecule has 0 aliphatic carbocycles. The molecule has 7 heteroatoms. The van der Waals surface area contributed by atoms with E-state index in [2.05, 4.69) is 10.2 Å². The van der Waals surface area contributed by atoms with Gasteiger partial charge in [0.15, 0.2) is 11.6 Å². The molecule has 0 radical (unpaired) electrons. The summed E-state index contributed by atoms with van der Waals surface area (Å²) in [5.41, 5.74) is 1.24. The molecule has 1 aliphatic heterocycles. The van der Waals surface area contributed by atoms with Crippen molar-refractivity contribution in [2.75, 3.05) is 43.0 Å². The molecule has 0 unspecified atom stereocenters. The van der Waals surface area contributed by atoms with Gasteiger partial charge in [-0.2, -0.15) is 0 Å². The predicted molar refractivity (Wildman–Crippen MR) is 96.8 cm³/mol. The quantitative estimate of drug-likeness (QED) is 0.903. The maximum atomic E-state index is 13.3. The number of benzene rings is 2. The van der Waals surface area contributed by atoms with Crippen LogP contribution in [0.5, 0.6) is 5.75 Å². The first-order valence-corrected chi connectivity index (χ1v) is 8.56. The second-order valence-corrected chi connectivity index (χ2v) is 5.93. The van der Waals surface area contributed by atoms with Crippen LogP contribution in [0.25, 0.3) is 0 Å². The smallest absolute Gasteiger partial charge is 0.321 e. The van der Waals surface area contributed by atoms with E-state index in [0.29, 0.717) is 32.8 Å². The number of ether oxygens (including phenoxy) is 1. The van der Waals surface area contributed by atoms with Crippen LogP contribution in [0.15, 0.2) is 42.5 Å². The number of para-hydroxylation sites is 2. The summed E-state index contributed by atoms with van der Waals surface area (Å²) in [4.78, 5) is 16.2. The van der Waals surface area contributed by atoms with Crippen LogP contribution in [-0.4, -0.2) is 43.7 Å². The molecule has 1 N–H and O–H groups in total. The fraction of sp³-hybridized carbons (Fsp3) is 0.316. The Morgan fingerprint density at radius 1 is 1.08 bits per heavy atom. The Morgan fingerprint density at radius 3 is 2.50 bits per heavy atom. The first-order valence-electron chi connectivity index (χ1n) is 8.56. The molecule has 138 valence electrons. The van der Waals surface area contributed by atoms with E-state index < -0.39 is 11.6 Å². The van der Waals surface area contributed by atoms with Crippen molar-refractivity contribution in [2.45, 2.75) is 6.92 Å². The highest BCUT2D eigenvalue weighted by molar-refractivity contribution is 5.89. The minimum Gasteiger partial charge on any atom is -0.492 e. The van der Waals surface area contributed by atoms with Gasteiger partial charge >= 0.3 is 6.03 Å². The third-order valence-corrected chi connectivity index (χ3v) is 4.24. The van der Waals surface area contributed by atoms with Crippen LogP contribution >= 0.6 is 0 Å². The molecule has 0 aromatic heterocycles. The second kappa shape index (κ2) is 8.03. The average Bonchev–Trinajstić information content (AvgIpc) is 2.66. The Bertz CT molecular complexity index is 777. The van der Waals surface area contributed by atoms with E-state index in [9.17, 15) is 13.6 Å². The van der Waals surface area contributed by atoms with Crippen molar-refractivity contribution < 1.29 is 18.3 Å². The molecule has 1 aliphatic rings. The number of halogens is 2. The predicted octanol–water partition coefficient (Wildman–Crippen LogP) is 3.72. The van der Waals surface area contributed by atoms with Crippen LogP contribution in [0.4, 0.5) is 25.0 Å². The minimum absolute atomic E-state index is 0.234. The first kappa shape index (κ1) is 18.0. The van der Waals surface area contributed by atoms with Crippen molar-refractivity contribution in [1.82, 2.24) is 4.90 Å². The number of rotatable bonds is 4. The van der Waals surface area contributed by atoms with Crippen molar-refractivity contribution in [3.05, 3.63) is 54.1 Å². The molecule has 0 spiro atoms. The lowest BCUT2D eigenvalue weighted by Crippen LogP contribution is -2.50. The van der Waals surface area contributed by atoms with Gasteiger partial charge < -0.3 is 19.9 Å². The van der Waals surface area contributed by atoms with Gasteiger partial charge in [-0.1, -0.05) is 12.1 Å². The van der Waals surface area contributed by atoms with Crippen molar-refractivity contribution in [2.24, 2.45) is 0 Å². The van der Waals surface area contributed by atoms with Crippen LogP contribution in [0.1, 0.15) is 6.92 Å². The lowest BCUT2D eigenvalue weighted by atomic mass is 10.2. The number of nitrogens with zero attached hydrogens (tertiary/aromatic N) is 2. The Labute approximate surface area is 151 Å². The molecule has 2 aromatic rings. The van der Waals surface area contributed by atoms with E-state index in [-0.39, 0.29) is 11.7 Å². The average molecular weight is 361 g/mol. The standard InChI is InChI=1S/C19H21F2N3O2/c1-2-26-18-6-4-3-5-17(18)23-9-11-24(12-10-23)19(25)22-14-7-8-15(20)16(21)13-14/h3-8,13H,2,9-12H2,1H3,(H,22,25). The van der Waals surface area contributed by atoms with E-state index >= 15 is 0 Å². The zero-order chi connectivity index (χ0) is 18.5. The molecule has 3 rings (SSSR count). The molecule has 26 heavy (non-hydrogen) atoms. The van der Waals surface area contributed by atoms with Crippen LogP contribution in [-0.2, 0) is 0 Å². The Morgan fingerprint density at radius 2 is 1.81 bits per heavy atom. The fourth-order valence-corrected chi connectivity index (χ4v) is 2.92. The van der Waals surface area contributed by atoms with Crippen molar-refractivity contribution >= 4 is 17.4 Å². The Hall–Kier alpha value is -2.83. The number of hydrogen-bond acceptors (Lipinski definition) is 3. The van der Waals surface area contributed by atoms with E-state index in [1.165, 1.54) is 6.07 Å². The number of piperazine rings is 1. The zero-order valence-corrected chi connectivity index (χ0v) is 14.5. The Balaban J connectivity index is 1.59. The second-order valence-electron chi connectivity index (χ2n) is 5.93. The molecule has 1 heterocycles. The van der Waals surface area contributed by atoms with Crippen molar-refractivity contribution in [3.63, 3.8) is 0 Å². The highest BCUT2D eigenvalue weighted by Gasteiger charge is 2.23. The molecule has 2 amide bonds. The fourth-order valence-electron chi connectivity index (χ4n) is 2.92. The van der Waals surface area contributed by atoms with E-state index in [4.69, 9.17) is 4.74 Å². The molecule has 1 saturated heterocycles. The first-order chi connectivity index (χ1) is 12.6. The highest BCUT2D eigenvalue weighted by Crippen LogP contribution is 2.28. The molecular formula is C19H21F2N3O2. The maximum Gasteiger partial charge on any atom is 0.321 e.